The molecule has 0 radical (unpaired) electrons. The lowest BCUT2D eigenvalue weighted by Gasteiger charge is -2.18. The molecule has 0 fully saturated rings. The minimum Gasteiger partial charge on any atom is -0.451 e. The number of nitrogen functional groups attached to an aromatic ring is 1. The molecule has 0 amide bonds. The zero-order valence-electron chi connectivity index (χ0n) is 13.3. The number of fused-ring (bicyclic) bond motifs is 3. The van der Waals surface area contributed by atoms with E-state index in [-0.39, 0.29) is 5.56 Å². The van der Waals surface area contributed by atoms with Gasteiger partial charge in [0.25, 0.3) is 5.56 Å². The van der Waals surface area contributed by atoms with Crippen LogP contribution in [0.3, 0.4) is 0 Å². The molecule has 4 rings (SSSR count). The van der Waals surface area contributed by atoms with Crippen LogP contribution >= 0.6 is 11.3 Å². The largest absolute Gasteiger partial charge is 0.451 e. The number of pyridine rings is 1. The van der Waals surface area contributed by atoms with Gasteiger partial charge in [-0.15, -0.1) is 11.3 Å². The van der Waals surface area contributed by atoms with Crippen LogP contribution in [-0.2, 0) is 16.9 Å². The van der Waals surface area contributed by atoms with Gasteiger partial charge in [0.05, 0.1) is 17.5 Å². The van der Waals surface area contributed by atoms with Gasteiger partial charge in [-0.05, 0) is 37.4 Å². The van der Waals surface area contributed by atoms with E-state index in [9.17, 15) is 9.59 Å². The molecular formula is C18H16N2O3S. The van der Waals surface area contributed by atoms with Crippen LogP contribution in [-0.4, -0.2) is 10.5 Å². The number of anilines is 1. The van der Waals surface area contributed by atoms with Gasteiger partial charge in [0.15, 0.2) is 0 Å². The van der Waals surface area contributed by atoms with Crippen LogP contribution < -0.4 is 11.3 Å². The van der Waals surface area contributed by atoms with Crippen molar-refractivity contribution in [3.05, 3.63) is 62.2 Å². The Morgan fingerprint density at radius 1 is 1.29 bits per heavy atom. The summed E-state index contributed by atoms with van der Waals surface area (Å²) >= 11 is 1.59. The van der Waals surface area contributed by atoms with E-state index >= 15 is 0 Å². The van der Waals surface area contributed by atoms with E-state index in [1.165, 1.54) is 0 Å². The zero-order valence-corrected chi connectivity index (χ0v) is 14.1. The molecule has 6 heteroatoms. The lowest BCUT2D eigenvalue weighted by molar-refractivity contribution is 0.00962. The molecule has 2 N–H and O–H groups in total. The maximum atomic E-state index is 12.9. The standard InChI is InChI=1S/C18H16N2O3S/c1-18(2)12-8-13(19)15-11(14(12)17(22)23-18)5-6-20(16(15)21)9-10-4-3-7-24-10/h3-8H,9,19H2,1-2H3. The number of aromatic nitrogens is 1. The molecule has 0 aliphatic carbocycles. The van der Waals surface area contributed by atoms with Gasteiger partial charge in [-0.3, -0.25) is 4.79 Å². The Bertz CT molecular complexity index is 1030. The number of thiophene rings is 1. The Kier molecular flexibility index (Phi) is 3.08. The summed E-state index contributed by atoms with van der Waals surface area (Å²) in [7, 11) is 0. The van der Waals surface area contributed by atoms with Crippen molar-refractivity contribution < 1.29 is 9.53 Å². The van der Waals surface area contributed by atoms with Gasteiger partial charge in [-0.25, -0.2) is 4.79 Å². The van der Waals surface area contributed by atoms with Crippen LogP contribution in [0.2, 0.25) is 0 Å². The minimum absolute atomic E-state index is 0.196. The van der Waals surface area contributed by atoms with Crippen molar-refractivity contribution in [1.29, 1.82) is 0 Å². The number of carbonyl (C=O) groups excluding carboxylic acids is 1. The first kappa shape index (κ1) is 15.0. The first-order chi connectivity index (χ1) is 11.4. The van der Waals surface area contributed by atoms with Crippen molar-refractivity contribution >= 4 is 33.8 Å². The number of hydrogen-bond donors (Lipinski definition) is 1. The van der Waals surface area contributed by atoms with Crippen LogP contribution in [0, 0.1) is 0 Å². The smallest absolute Gasteiger partial charge is 0.340 e. The summed E-state index contributed by atoms with van der Waals surface area (Å²) in [5, 5.41) is 2.91. The summed E-state index contributed by atoms with van der Waals surface area (Å²) in [6, 6.07) is 7.40. The third-order valence-electron chi connectivity index (χ3n) is 4.40. The molecule has 1 aliphatic heterocycles. The molecule has 1 aromatic carbocycles. The molecule has 1 aliphatic rings. The lowest BCUT2D eigenvalue weighted by Crippen LogP contribution is -2.21. The summed E-state index contributed by atoms with van der Waals surface area (Å²) in [5.74, 6) is -0.407. The van der Waals surface area contributed by atoms with Crippen molar-refractivity contribution in [1.82, 2.24) is 4.57 Å². The number of nitrogens with zero attached hydrogens (tertiary/aromatic N) is 1. The van der Waals surface area contributed by atoms with Gasteiger partial charge < -0.3 is 15.0 Å². The maximum Gasteiger partial charge on any atom is 0.340 e. The summed E-state index contributed by atoms with van der Waals surface area (Å²) in [5.41, 5.74) is 6.78. The van der Waals surface area contributed by atoms with Crippen LogP contribution in [0.25, 0.3) is 10.8 Å². The van der Waals surface area contributed by atoms with Gasteiger partial charge in [-0.2, -0.15) is 0 Å². The van der Waals surface area contributed by atoms with Crippen LogP contribution in [0.15, 0.2) is 40.6 Å². The number of esters is 1. The number of rotatable bonds is 2. The van der Waals surface area contributed by atoms with Gasteiger partial charge in [0, 0.05) is 27.7 Å². The molecule has 0 spiro atoms. The topological polar surface area (TPSA) is 74.3 Å². The molecule has 3 aromatic rings. The Morgan fingerprint density at radius 2 is 2.08 bits per heavy atom. The summed E-state index contributed by atoms with van der Waals surface area (Å²) in [4.78, 5) is 26.2. The van der Waals surface area contributed by atoms with Gasteiger partial charge in [0.1, 0.15) is 5.60 Å². The van der Waals surface area contributed by atoms with Crippen LogP contribution in [0.1, 0.15) is 34.6 Å². The highest BCUT2D eigenvalue weighted by atomic mass is 32.1. The third kappa shape index (κ3) is 2.06. The normalized spacial score (nSPS) is 15.5. The molecule has 0 atom stereocenters. The molecule has 122 valence electrons. The van der Waals surface area contributed by atoms with Crippen molar-refractivity contribution in [2.24, 2.45) is 0 Å². The Labute approximate surface area is 142 Å². The van der Waals surface area contributed by atoms with E-state index in [0.717, 1.165) is 10.4 Å². The predicted octanol–water partition coefficient (Wildman–Crippen LogP) is 3.10. The second kappa shape index (κ2) is 4.95. The molecule has 0 saturated carbocycles. The van der Waals surface area contributed by atoms with Gasteiger partial charge >= 0.3 is 5.97 Å². The van der Waals surface area contributed by atoms with E-state index < -0.39 is 11.6 Å². The average Bonchev–Trinajstić information content (AvgIpc) is 3.08. The highest BCUT2D eigenvalue weighted by molar-refractivity contribution is 7.09. The van der Waals surface area contributed by atoms with Crippen LogP contribution in [0.5, 0.6) is 0 Å². The fourth-order valence-corrected chi connectivity index (χ4v) is 3.94. The number of ether oxygens (including phenoxy) is 1. The predicted molar refractivity (Wildman–Crippen MR) is 94.5 cm³/mol. The van der Waals surface area contributed by atoms with Crippen LogP contribution in [0.4, 0.5) is 5.69 Å². The highest BCUT2D eigenvalue weighted by Crippen LogP contribution is 2.40. The Hall–Kier alpha value is -2.60. The second-order valence-electron chi connectivity index (χ2n) is 6.41. The van der Waals surface area contributed by atoms with Crippen molar-refractivity contribution in [2.75, 3.05) is 5.73 Å². The average molecular weight is 340 g/mol. The SMILES string of the molecule is CC1(C)OC(=O)c2c1cc(N)c1c(=O)n(Cc3cccs3)ccc21. The van der Waals surface area contributed by atoms with E-state index in [0.29, 0.717) is 28.6 Å². The van der Waals surface area contributed by atoms with Crippen molar-refractivity contribution in [3.8, 4) is 0 Å². The number of benzene rings is 1. The molecule has 5 nitrogen and oxygen atoms in total. The molecule has 0 saturated heterocycles. The molecular weight excluding hydrogens is 324 g/mol. The quantitative estimate of drug-likeness (QED) is 0.575. The number of nitrogens with two attached hydrogens (primary N) is 1. The van der Waals surface area contributed by atoms with E-state index in [1.807, 2.05) is 31.4 Å². The molecule has 3 heterocycles. The Morgan fingerprint density at radius 3 is 2.79 bits per heavy atom. The third-order valence-corrected chi connectivity index (χ3v) is 5.26. The van der Waals surface area contributed by atoms with E-state index in [1.54, 1.807) is 34.2 Å². The molecule has 0 unspecified atom stereocenters. The fourth-order valence-electron chi connectivity index (χ4n) is 3.23. The fraction of sp³-hybridized carbons (Fsp3) is 0.222. The van der Waals surface area contributed by atoms with Crippen molar-refractivity contribution in [2.45, 2.75) is 26.0 Å². The summed E-state index contributed by atoms with van der Waals surface area (Å²) in [6.07, 6.45) is 1.71. The van der Waals surface area contributed by atoms with Gasteiger partial charge in [-0.1, -0.05) is 6.07 Å². The summed E-state index contributed by atoms with van der Waals surface area (Å²) < 4.78 is 7.05. The van der Waals surface area contributed by atoms with E-state index in [4.69, 9.17) is 10.5 Å². The first-order valence-corrected chi connectivity index (χ1v) is 8.48. The number of carbonyl (C=O) groups is 1. The molecule has 24 heavy (non-hydrogen) atoms. The molecule has 0 bridgehead atoms. The Balaban J connectivity index is 1.98. The monoisotopic (exact) mass is 340 g/mol. The van der Waals surface area contributed by atoms with Crippen molar-refractivity contribution in [3.63, 3.8) is 0 Å². The first-order valence-electron chi connectivity index (χ1n) is 7.60. The van der Waals surface area contributed by atoms with Gasteiger partial charge in [0.2, 0.25) is 0 Å². The second-order valence-corrected chi connectivity index (χ2v) is 7.44. The molecule has 2 aromatic heterocycles. The summed E-state index contributed by atoms with van der Waals surface area (Å²) in [6.45, 7) is 4.12. The highest BCUT2D eigenvalue weighted by Gasteiger charge is 2.39. The lowest BCUT2D eigenvalue weighted by atomic mass is 9.91. The van der Waals surface area contributed by atoms with E-state index in [2.05, 4.69) is 0 Å². The minimum atomic E-state index is -0.736. The zero-order chi connectivity index (χ0) is 17.1. The number of cyclic esters (lactones) is 1. The maximum absolute atomic E-state index is 12.9. The number of hydrogen-bond acceptors (Lipinski definition) is 5.